The zero-order valence-corrected chi connectivity index (χ0v) is 18.9. The number of nitrogens with zero attached hydrogens (tertiary/aromatic N) is 2. The normalized spacial score (nSPS) is 11.1. The lowest BCUT2D eigenvalue weighted by Crippen LogP contribution is -2.37. The molecule has 172 valence electrons. The molecule has 33 heavy (non-hydrogen) atoms. The number of aryl methyl sites for hydroxylation is 1. The summed E-state index contributed by atoms with van der Waals surface area (Å²) < 4.78 is 14.9. The van der Waals surface area contributed by atoms with Crippen LogP contribution in [0.4, 0.5) is 10.5 Å². The van der Waals surface area contributed by atoms with Crippen LogP contribution < -0.4 is 21.1 Å². The maximum atomic E-state index is 12.8. The van der Waals surface area contributed by atoms with E-state index in [1.807, 2.05) is 0 Å². The molecule has 0 atom stereocenters. The van der Waals surface area contributed by atoms with Crippen LogP contribution in [0.2, 0.25) is 5.02 Å². The van der Waals surface area contributed by atoms with E-state index < -0.39 is 12.0 Å². The van der Waals surface area contributed by atoms with Gasteiger partial charge in [-0.2, -0.15) is 0 Å². The van der Waals surface area contributed by atoms with Gasteiger partial charge in [0.15, 0.2) is 5.96 Å². The maximum absolute atomic E-state index is 12.8. The van der Waals surface area contributed by atoms with E-state index in [9.17, 15) is 9.59 Å². The highest BCUT2D eigenvalue weighted by molar-refractivity contribution is 6.31. The summed E-state index contributed by atoms with van der Waals surface area (Å²) in [5.41, 5.74) is 8.30. The summed E-state index contributed by atoms with van der Waals surface area (Å²) in [5.74, 6) is 0.385. The number of benzene rings is 2. The van der Waals surface area contributed by atoms with Crippen molar-refractivity contribution in [1.29, 1.82) is 0 Å². The van der Waals surface area contributed by atoms with Crippen LogP contribution in [0, 0.1) is 6.92 Å². The Bertz CT molecular complexity index is 1190. The fourth-order valence-electron chi connectivity index (χ4n) is 2.96. The number of halogens is 1. The first-order chi connectivity index (χ1) is 15.8. The Kier molecular flexibility index (Phi) is 7.52. The van der Waals surface area contributed by atoms with Crippen LogP contribution in [0.15, 0.2) is 52.0 Å². The molecule has 10 nitrogen and oxygen atoms in total. The Hall–Kier alpha value is -4.05. The van der Waals surface area contributed by atoms with Gasteiger partial charge in [0.1, 0.15) is 22.8 Å². The van der Waals surface area contributed by atoms with Gasteiger partial charge in [0.2, 0.25) is 0 Å². The number of nitrogens with two attached hydrogens (primary N) is 1. The van der Waals surface area contributed by atoms with Crippen molar-refractivity contribution < 1.29 is 23.6 Å². The van der Waals surface area contributed by atoms with Crippen LogP contribution in [0.1, 0.15) is 21.7 Å². The second-order valence-corrected chi connectivity index (χ2v) is 7.25. The third-order valence-corrected chi connectivity index (χ3v) is 4.73. The number of methoxy groups -OCH3 is 2. The number of guanidine groups is 1. The molecule has 0 spiro atoms. The molecule has 0 saturated heterocycles. The molecule has 4 N–H and O–H groups in total. The van der Waals surface area contributed by atoms with E-state index in [1.165, 1.54) is 7.11 Å². The summed E-state index contributed by atoms with van der Waals surface area (Å²) in [6.45, 7) is 1.74. The minimum Gasteiger partial charge on any atom is -0.497 e. The molecule has 0 aliphatic heterocycles. The van der Waals surface area contributed by atoms with Crippen LogP contribution in [-0.4, -0.2) is 37.3 Å². The van der Waals surface area contributed by atoms with Gasteiger partial charge in [-0.15, -0.1) is 0 Å². The SMILES string of the molecule is COC(=O)Nc1cc(Cl)cc(CN=C(N)NC(=O)c2c(-c3ccc(OC)cc3)noc2C)c1. The molecule has 0 fully saturated rings. The first-order valence-electron chi connectivity index (χ1n) is 9.67. The van der Waals surface area contributed by atoms with E-state index in [4.69, 9.17) is 26.6 Å². The van der Waals surface area contributed by atoms with Crippen molar-refractivity contribution in [2.45, 2.75) is 13.5 Å². The van der Waals surface area contributed by atoms with E-state index in [1.54, 1.807) is 56.5 Å². The molecule has 0 saturated carbocycles. The van der Waals surface area contributed by atoms with Crippen molar-refractivity contribution >= 4 is 35.2 Å². The summed E-state index contributed by atoms with van der Waals surface area (Å²) >= 11 is 6.09. The average molecular weight is 472 g/mol. The van der Waals surface area contributed by atoms with E-state index in [0.29, 0.717) is 39.0 Å². The molecule has 1 aromatic heterocycles. The van der Waals surface area contributed by atoms with Crippen molar-refractivity contribution in [2.24, 2.45) is 10.7 Å². The Morgan fingerprint density at radius 1 is 1.18 bits per heavy atom. The second kappa shape index (κ2) is 10.5. The largest absolute Gasteiger partial charge is 0.497 e. The van der Waals surface area contributed by atoms with Gasteiger partial charge >= 0.3 is 6.09 Å². The lowest BCUT2D eigenvalue weighted by molar-refractivity contribution is 0.0975. The lowest BCUT2D eigenvalue weighted by Gasteiger charge is -2.08. The van der Waals surface area contributed by atoms with Gasteiger partial charge in [0.25, 0.3) is 5.91 Å². The van der Waals surface area contributed by atoms with Gasteiger partial charge in [-0.05, 0) is 55.0 Å². The molecular formula is C22H22ClN5O5. The number of aliphatic imine (C=N–C) groups is 1. The number of ether oxygens (including phenoxy) is 2. The fourth-order valence-corrected chi connectivity index (χ4v) is 3.22. The van der Waals surface area contributed by atoms with E-state index >= 15 is 0 Å². The van der Waals surface area contributed by atoms with Crippen LogP contribution >= 0.6 is 11.6 Å². The number of nitrogens with one attached hydrogen (secondary N) is 2. The third-order valence-electron chi connectivity index (χ3n) is 4.52. The molecule has 0 aliphatic rings. The fraction of sp³-hybridized carbons (Fsp3) is 0.182. The Morgan fingerprint density at radius 2 is 1.91 bits per heavy atom. The molecule has 11 heteroatoms. The number of amides is 2. The zero-order valence-electron chi connectivity index (χ0n) is 18.1. The number of aromatic nitrogens is 1. The van der Waals surface area contributed by atoms with Crippen LogP contribution in [0.25, 0.3) is 11.3 Å². The molecule has 0 bridgehead atoms. The number of carbonyl (C=O) groups excluding carboxylic acids is 2. The van der Waals surface area contributed by atoms with E-state index in [2.05, 4.69) is 25.5 Å². The Morgan fingerprint density at radius 3 is 2.58 bits per heavy atom. The summed E-state index contributed by atoms with van der Waals surface area (Å²) in [4.78, 5) is 28.4. The minimum absolute atomic E-state index is 0.108. The molecule has 3 aromatic rings. The monoisotopic (exact) mass is 471 g/mol. The molecule has 2 amide bonds. The Balaban J connectivity index is 1.74. The lowest BCUT2D eigenvalue weighted by atomic mass is 10.1. The van der Waals surface area contributed by atoms with Gasteiger partial charge in [0, 0.05) is 16.3 Å². The van der Waals surface area contributed by atoms with Gasteiger partial charge in [-0.3, -0.25) is 15.4 Å². The topological polar surface area (TPSA) is 141 Å². The van der Waals surface area contributed by atoms with Gasteiger partial charge in [0.05, 0.1) is 20.8 Å². The van der Waals surface area contributed by atoms with Crippen LogP contribution in [0.3, 0.4) is 0 Å². The summed E-state index contributed by atoms with van der Waals surface area (Å²) in [5, 5.41) is 9.45. The Labute approximate surface area is 194 Å². The predicted octanol–water partition coefficient (Wildman–Crippen LogP) is 3.74. The number of carbonyl (C=O) groups is 2. The molecule has 0 aliphatic carbocycles. The molecule has 1 heterocycles. The molecule has 0 radical (unpaired) electrons. The number of hydrogen-bond donors (Lipinski definition) is 3. The molecular weight excluding hydrogens is 450 g/mol. The minimum atomic E-state index is -0.629. The smallest absolute Gasteiger partial charge is 0.411 e. The number of rotatable bonds is 6. The van der Waals surface area contributed by atoms with Crippen LogP contribution in [-0.2, 0) is 11.3 Å². The highest BCUT2D eigenvalue weighted by Gasteiger charge is 2.22. The van der Waals surface area contributed by atoms with E-state index in [0.717, 1.165) is 0 Å². The summed E-state index contributed by atoms with van der Waals surface area (Å²) in [7, 11) is 2.82. The first kappa shape index (κ1) is 23.6. The summed E-state index contributed by atoms with van der Waals surface area (Å²) in [6.07, 6.45) is -0.629. The predicted molar refractivity (Wildman–Crippen MR) is 124 cm³/mol. The molecule has 3 rings (SSSR count). The maximum Gasteiger partial charge on any atom is 0.411 e. The first-order valence-corrected chi connectivity index (χ1v) is 10.0. The number of anilines is 1. The average Bonchev–Trinajstić information content (AvgIpc) is 3.18. The second-order valence-electron chi connectivity index (χ2n) is 6.81. The van der Waals surface area contributed by atoms with Gasteiger partial charge < -0.3 is 19.7 Å². The third kappa shape index (κ3) is 6.01. The van der Waals surface area contributed by atoms with Crippen molar-refractivity contribution in [2.75, 3.05) is 19.5 Å². The number of hydrogen-bond acceptors (Lipinski definition) is 7. The highest BCUT2D eigenvalue weighted by Crippen LogP contribution is 2.27. The summed E-state index contributed by atoms with van der Waals surface area (Å²) in [6, 6.07) is 11.9. The van der Waals surface area contributed by atoms with Crippen molar-refractivity contribution in [1.82, 2.24) is 10.5 Å². The highest BCUT2D eigenvalue weighted by atomic mass is 35.5. The molecule has 2 aromatic carbocycles. The van der Waals surface area contributed by atoms with Crippen molar-refractivity contribution in [3.8, 4) is 17.0 Å². The molecule has 0 unspecified atom stereocenters. The van der Waals surface area contributed by atoms with E-state index in [-0.39, 0.29) is 18.1 Å². The van der Waals surface area contributed by atoms with Crippen LogP contribution in [0.5, 0.6) is 5.75 Å². The standard InChI is InChI=1S/C22H22ClN5O5/c1-12-18(19(28-33-12)14-4-6-17(31-2)7-5-14)20(29)27-21(24)25-11-13-8-15(23)10-16(9-13)26-22(30)32-3/h4-10H,11H2,1-3H3,(H,26,30)(H3,24,25,27,29). The zero-order chi connectivity index (χ0) is 24.0. The van der Waals surface area contributed by atoms with Crippen molar-refractivity contribution in [3.05, 3.63) is 64.4 Å². The quantitative estimate of drug-likeness (QED) is 0.367. The van der Waals surface area contributed by atoms with Crippen molar-refractivity contribution in [3.63, 3.8) is 0 Å². The van der Waals surface area contributed by atoms with Gasteiger partial charge in [-0.25, -0.2) is 9.79 Å². The van der Waals surface area contributed by atoms with Gasteiger partial charge in [-0.1, -0.05) is 16.8 Å².